The maximum atomic E-state index is 2.73. The predicted octanol–water partition coefficient (Wildman–Crippen LogP) is 15.1. The van der Waals surface area contributed by atoms with Gasteiger partial charge in [-0.2, -0.15) is 0 Å². The fourth-order valence-corrected chi connectivity index (χ4v) is 14.0. The Morgan fingerprint density at radius 2 is 1.15 bits per heavy atom. The van der Waals surface area contributed by atoms with Gasteiger partial charge in [-0.25, -0.2) is 0 Å². The minimum atomic E-state index is -0.592. The normalized spacial score (nSPS) is 15.5. The van der Waals surface area contributed by atoms with Crippen molar-refractivity contribution in [1.82, 2.24) is 0 Å². The molecule has 0 spiro atoms. The lowest BCUT2D eigenvalue weighted by molar-refractivity contribution is 0.590. The zero-order valence-corrected chi connectivity index (χ0v) is 38.7. The van der Waals surface area contributed by atoms with E-state index in [-0.39, 0.29) is 17.7 Å². The summed E-state index contributed by atoms with van der Waals surface area (Å²) in [6, 6.07) is 74.3. The molecule has 314 valence electrons. The third-order valence-corrected chi connectivity index (χ3v) is 16.9. The highest BCUT2D eigenvalue weighted by molar-refractivity contribution is 7.26. The molecule has 4 aliphatic rings. The number of anilines is 5. The molecule has 0 bridgehead atoms. The van der Waals surface area contributed by atoms with Crippen LogP contribution in [0.4, 0.5) is 28.4 Å². The molecular formula is C62H47BN2S. The fraction of sp³-hybridized carbons (Fsp3) is 0.129. The molecule has 0 N–H and O–H groups in total. The molecule has 1 aliphatic carbocycles. The number of hydrogen-bond acceptors (Lipinski definition) is 3. The van der Waals surface area contributed by atoms with Crippen molar-refractivity contribution in [2.45, 2.75) is 50.9 Å². The van der Waals surface area contributed by atoms with Gasteiger partial charge in [0.2, 0.25) is 0 Å². The molecule has 0 fully saturated rings. The van der Waals surface area contributed by atoms with E-state index in [9.17, 15) is 0 Å². The van der Waals surface area contributed by atoms with Crippen molar-refractivity contribution in [2.75, 3.05) is 9.71 Å². The van der Waals surface area contributed by atoms with Gasteiger partial charge in [-0.1, -0.05) is 192 Å². The van der Waals surface area contributed by atoms with E-state index in [1.54, 1.807) is 0 Å². The van der Waals surface area contributed by atoms with Crippen LogP contribution in [0.15, 0.2) is 194 Å². The first-order valence-electron chi connectivity index (χ1n) is 23.5. The van der Waals surface area contributed by atoms with Crippen molar-refractivity contribution >= 4 is 77.7 Å². The van der Waals surface area contributed by atoms with Gasteiger partial charge in [0.25, 0.3) is 0 Å². The zero-order chi connectivity index (χ0) is 44.3. The molecule has 14 rings (SSSR count). The molecule has 0 atom stereocenters. The van der Waals surface area contributed by atoms with Gasteiger partial charge in [0, 0.05) is 53.8 Å². The predicted molar refractivity (Wildman–Crippen MR) is 281 cm³/mol. The van der Waals surface area contributed by atoms with Gasteiger partial charge in [0.1, 0.15) is 0 Å². The average molecular weight is 863 g/mol. The zero-order valence-electron chi connectivity index (χ0n) is 37.9. The van der Waals surface area contributed by atoms with Crippen LogP contribution in [-0.4, -0.2) is 6.85 Å². The van der Waals surface area contributed by atoms with Crippen molar-refractivity contribution < 1.29 is 0 Å². The topological polar surface area (TPSA) is 6.48 Å². The smallest absolute Gasteiger partial charge is 0.333 e. The first-order chi connectivity index (χ1) is 32.2. The lowest BCUT2D eigenvalue weighted by Crippen LogP contribution is -2.63. The van der Waals surface area contributed by atoms with Gasteiger partial charge >= 0.3 is 6.85 Å². The molecule has 1 aromatic heterocycles. The molecule has 9 aromatic carbocycles. The Bertz CT molecular complexity index is 3630. The number of nitrogens with zero attached hydrogens (tertiary/aromatic N) is 2. The summed E-state index contributed by atoms with van der Waals surface area (Å²) in [6.45, 7) is 11.7. The molecule has 10 aromatic rings. The van der Waals surface area contributed by atoms with E-state index < -0.39 is 5.41 Å². The summed E-state index contributed by atoms with van der Waals surface area (Å²) < 4.78 is 2.68. The standard InChI is InChI=1S/C62H47BN2S/c1-60(2,3)38-31-33-41(34-32-38)65-52-36-35-43-42-23-13-17-30-53(42)66-59(43)55(52)45-37-49-54(44-24-12-14-25-46(44)61(49,4)5)58-56(45)63(65)50-28-18-27-48-57(50)64(58)51-29-16-15-26-47(51)62(48,39-19-8-6-9-20-39)40-21-10-7-11-22-40/h6-37H,1-5H3. The third kappa shape index (κ3) is 4.77. The number of benzene rings is 9. The van der Waals surface area contributed by atoms with Gasteiger partial charge in [-0.3, -0.25) is 0 Å². The highest BCUT2D eigenvalue weighted by atomic mass is 32.1. The Morgan fingerprint density at radius 3 is 1.89 bits per heavy atom. The SMILES string of the molecule is CC(C)(C)c1ccc(N2B3c4cccc5c4N(c4ccccc4C5(c4ccccc4)c4ccccc4)c4c3c(cc3c4-c4ccccc4C3(C)C)-c3c2ccc2c3sc3ccccc32)cc1. The minimum absolute atomic E-state index is 0.0253. The van der Waals surface area contributed by atoms with Crippen LogP contribution >= 0.6 is 11.3 Å². The Kier molecular flexibility index (Phi) is 7.66. The number of rotatable bonds is 3. The summed E-state index contributed by atoms with van der Waals surface area (Å²) in [5.41, 5.74) is 22.8. The van der Waals surface area contributed by atoms with Crippen LogP contribution in [0.25, 0.3) is 42.4 Å². The Labute approximate surface area is 391 Å². The molecule has 0 saturated heterocycles. The van der Waals surface area contributed by atoms with E-state index in [0.717, 1.165) is 0 Å². The van der Waals surface area contributed by atoms with Crippen molar-refractivity contribution in [2.24, 2.45) is 0 Å². The number of hydrogen-bond donors (Lipinski definition) is 0. The maximum absolute atomic E-state index is 2.73. The van der Waals surface area contributed by atoms with E-state index in [0.29, 0.717) is 0 Å². The van der Waals surface area contributed by atoms with E-state index >= 15 is 0 Å². The molecule has 0 radical (unpaired) electrons. The van der Waals surface area contributed by atoms with Crippen LogP contribution in [0.3, 0.4) is 0 Å². The number of fused-ring (bicyclic) bond motifs is 14. The Hall–Kier alpha value is -7.14. The largest absolute Gasteiger partial charge is 0.376 e. The van der Waals surface area contributed by atoms with Gasteiger partial charge in [0.15, 0.2) is 0 Å². The summed E-state index contributed by atoms with van der Waals surface area (Å²) in [6.07, 6.45) is 0. The van der Waals surface area contributed by atoms with Crippen LogP contribution in [0.1, 0.15) is 73.6 Å². The van der Waals surface area contributed by atoms with Crippen LogP contribution in [-0.2, 0) is 16.2 Å². The molecular weight excluding hydrogens is 816 g/mol. The molecule has 0 saturated carbocycles. The number of para-hydroxylation sites is 2. The summed E-state index contributed by atoms with van der Waals surface area (Å²) in [4.78, 5) is 5.45. The van der Waals surface area contributed by atoms with Crippen molar-refractivity contribution in [1.29, 1.82) is 0 Å². The number of thiophene rings is 1. The molecule has 4 heterocycles. The quantitative estimate of drug-likeness (QED) is 0.163. The van der Waals surface area contributed by atoms with E-state index in [1.165, 1.54) is 121 Å². The van der Waals surface area contributed by atoms with E-state index in [1.807, 2.05) is 11.3 Å². The van der Waals surface area contributed by atoms with Crippen LogP contribution in [0.2, 0.25) is 0 Å². The third-order valence-electron chi connectivity index (χ3n) is 15.7. The van der Waals surface area contributed by atoms with Gasteiger partial charge in [-0.15, -0.1) is 11.3 Å². The summed E-state index contributed by atoms with van der Waals surface area (Å²) in [5.74, 6) is 0. The second kappa shape index (κ2) is 13.2. The molecule has 66 heavy (non-hydrogen) atoms. The fourth-order valence-electron chi connectivity index (χ4n) is 12.8. The monoisotopic (exact) mass is 862 g/mol. The summed E-state index contributed by atoms with van der Waals surface area (Å²) in [5, 5.41) is 2.65. The molecule has 0 amide bonds. The second-order valence-electron chi connectivity index (χ2n) is 20.4. The average Bonchev–Trinajstić information content (AvgIpc) is 3.84. The second-order valence-corrected chi connectivity index (χ2v) is 21.4. The van der Waals surface area contributed by atoms with Gasteiger partial charge in [-0.05, 0) is 103 Å². The maximum Gasteiger partial charge on any atom is 0.333 e. The van der Waals surface area contributed by atoms with Crippen LogP contribution < -0.4 is 20.6 Å². The van der Waals surface area contributed by atoms with Gasteiger partial charge in [0.05, 0.1) is 16.8 Å². The molecule has 4 heteroatoms. The van der Waals surface area contributed by atoms with Crippen LogP contribution in [0.5, 0.6) is 0 Å². The molecule has 3 aliphatic heterocycles. The lowest BCUT2D eigenvalue weighted by atomic mass is 9.42. The Morgan fingerprint density at radius 1 is 0.500 bits per heavy atom. The first-order valence-corrected chi connectivity index (χ1v) is 24.3. The lowest BCUT2D eigenvalue weighted by Gasteiger charge is -2.52. The Balaban J connectivity index is 1.20. The summed E-state index contributed by atoms with van der Waals surface area (Å²) in [7, 11) is 0. The van der Waals surface area contributed by atoms with E-state index in [4.69, 9.17) is 0 Å². The van der Waals surface area contributed by atoms with Crippen molar-refractivity contribution in [3.8, 4) is 22.3 Å². The highest BCUT2D eigenvalue weighted by Gasteiger charge is 2.55. The van der Waals surface area contributed by atoms with Crippen molar-refractivity contribution in [3.05, 3.63) is 233 Å². The summed E-state index contributed by atoms with van der Waals surface area (Å²) >= 11 is 1.95. The highest BCUT2D eigenvalue weighted by Crippen LogP contribution is 2.63. The van der Waals surface area contributed by atoms with Gasteiger partial charge < -0.3 is 9.71 Å². The molecule has 2 nitrogen and oxygen atoms in total. The minimum Gasteiger partial charge on any atom is -0.376 e. The first kappa shape index (κ1) is 38.2. The molecule has 0 unspecified atom stereocenters. The van der Waals surface area contributed by atoms with Crippen LogP contribution in [0, 0.1) is 0 Å². The van der Waals surface area contributed by atoms with Crippen molar-refractivity contribution in [3.63, 3.8) is 0 Å². The van der Waals surface area contributed by atoms with E-state index in [2.05, 4.69) is 238 Å².